The van der Waals surface area contributed by atoms with E-state index in [2.05, 4.69) is 10.6 Å². The van der Waals surface area contributed by atoms with E-state index in [1.54, 1.807) is 54.6 Å². The number of carbonyl (C=O) groups excluding carboxylic acids is 3. The van der Waals surface area contributed by atoms with Crippen LogP contribution < -0.4 is 20.1 Å². The van der Waals surface area contributed by atoms with E-state index in [0.29, 0.717) is 33.1 Å². The molecule has 0 radical (unpaired) electrons. The predicted molar refractivity (Wildman–Crippen MR) is 121 cm³/mol. The molecule has 0 atom stereocenters. The third-order valence-electron chi connectivity index (χ3n) is 4.47. The first kappa shape index (κ1) is 22.8. The monoisotopic (exact) mass is 452 g/mol. The van der Waals surface area contributed by atoms with Crippen LogP contribution in [0, 0.1) is 0 Å². The molecule has 7 nitrogen and oxygen atoms in total. The molecule has 0 aliphatic heterocycles. The van der Waals surface area contributed by atoms with Crippen LogP contribution in [0.1, 0.15) is 33.2 Å². The van der Waals surface area contributed by atoms with Gasteiger partial charge in [-0.25, -0.2) is 0 Å². The predicted octanol–water partition coefficient (Wildman–Crippen LogP) is 4.46. The standard InChI is InChI=1S/C24H21ClN2O5/c1-15(28)32-19-8-5-7-16(12-19)23(29)27-21-9-4-3-6-17(21)14-26-24(30)20-13-18(25)10-11-22(20)31-2/h3-13H,14H2,1-2H3,(H,26,30)(H,27,29). The molecule has 32 heavy (non-hydrogen) atoms. The van der Waals surface area contributed by atoms with Crippen molar-refractivity contribution in [3.8, 4) is 11.5 Å². The van der Waals surface area contributed by atoms with Crippen LogP contribution in [0.2, 0.25) is 5.02 Å². The van der Waals surface area contributed by atoms with Gasteiger partial charge in [0.25, 0.3) is 11.8 Å². The summed E-state index contributed by atoms with van der Waals surface area (Å²) in [6.45, 7) is 1.45. The number of amides is 2. The van der Waals surface area contributed by atoms with Crippen molar-refractivity contribution in [3.05, 3.63) is 88.4 Å². The van der Waals surface area contributed by atoms with Gasteiger partial charge in [-0.3, -0.25) is 14.4 Å². The van der Waals surface area contributed by atoms with Crippen LogP contribution >= 0.6 is 11.6 Å². The van der Waals surface area contributed by atoms with E-state index < -0.39 is 5.97 Å². The second-order valence-corrected chi connectivity index (χ2v) is 7.20. The van der Waals surface area contributed by atoms with Crippen LogP contribution in [0.4, 0.5) is 5.69 Å². The van der Waals surface area contributed by atoms with E-state index in [9.17, 15) is 14.4 Å². The van der Waals surface area contributed by atoms with E-state index >= 15 is 0 Å². The highest BCUT2D eigenvalue weighted by molar-refractivity contribution is 6.31. The quantitative estimate of drug-likeness (QED) is 0.408. The molecule has 164 valence electrons. The molecule has 0 aliphatic rings. The number of para-hydroxylation sites is 1. The Kier molecular flexibility index (Phi) is 7.46. The molecule has 3 aromatic carbocycles. The van der Waals surface area contributed by atoms with E-state index in [-0.39, 0.29) is 24.1 Å². The second-order valence-electron chi connectivity index (χ2n) is 6.76. The van der Waals surface area contributed by atoms with E-state index in [4.69, 9.17) is 21.1 Å². The van der Waals surface area contributed by atoms with Gasteiger partial charge in [-0.1, -0.05) is 35.9 Å². The van der Waals surface area contributed by atoms with Crippen molar-refractivity contribution in [3.63, 3.8) is 0 Å². The van der Waals surface area contributed by atoms with Gasteiger partial charge in [0, 0.05) is 29.7 Å². The first-order chi connectivity index (χ1) is 15.4. The zero-order valence-electron chi connectivity index (χ0n) is 17.5. The molecule has 0 spiro atoms. The summed E-state index contributed by atoms with van der Waals surface area (Å²) in [5.41, 5.74) is 1.87. The molecule has 8 heteroatoms. The summed E-state index contributed by atoms with van der Waals surface area (Å²) >= 11 is 6.00. The Morgan fingerprint density at radius 1 is 0.938 bits per heavy atom. The smallest absolute Gasteiger partial charge is 0.308 e. The highest BCUT2D eigenvalue weighted by Crippen LogP contribution is 2.23. The third-order valence-corrected chi connectivity index (χ3v) is 4.70. The summed E-state index contributed by atoms with van der Waals surface area (Å²) in [5.74, 6) is -0.531. The van der Waals surface area contributed by atoms with Crippen molar-refractivity contribution in [2.24, 2.45) is 0 Å². The van der Waals surface area contributed by atoms with Crippen molar-refractivity contribution in [1.82, 2.24) is 5.32 Å². The van der Waals surface area contributed by atoms with Crippen molar-refractivity contribution in [2.45, 2.75) is 13.5 Å². The Morgan fingerprint density at radius 3 is 2.47 bits per heavy atom. The lowest BCUT2D eigenvalue weighted by Crippen LogP contribution is -2.24. The SMILES string of the molecule is COc1ccc(Cl)cc1C(=O)NCc1ccccc1NC(=O)c1cccc(OC(C)=O)c1. The minimum Gasteiger partial charge on any atom is -0.496 e. The van der Waals surface area contributed by atoms with Gasteiger partial charge >= 0.3 is 5.97 Å². The van der Waals surface area contributed by atoms with Gasteiger partial charge in [-0.15, -0.1) is 0 Å². The van der Waals surface area contributed by atoms with Gasteiger partial charge in [0.15, 0.2) is 0 Å². The second kappa shape index (κ2) is 10.5. The lowest BCUT2D eigenvalue weighted by molar-refractivity contribution is -0.131. The zero-order chi connectivity index (χ0) is 23.1. The first-order valence-electron chi connectivity index (χ1n) is 9.67. The van der Waals surface area contributed by atoms with E-state index in [1.807, 2.05) is 0 Å². The molecule has 0 heterocycles. The van der Waals surface area contributed by atoms with Crippen LogP contribution in [0.5, 0.6) is 11.5 Å². The van der Waals surface area contributed by atoms with Crippen molar-refractivity contribution in [1.29, 1.82) is 0 Å². The molecule has 3 rings (SSSR count). The number of methoxy groups -OCH3 is 1. The fourth-order valence-corrected chi connectivity index (χ4v) is 3.16. The molecule has 0 saturated heterocycles. The van der Waals surface area contributed by atoms with Gasteiger partial charge < -0.3 is 20.1 Å². The van der Waals surface area contributed by atoms with Crippen LogP contribution in [-0.2, 0) is 11.3 Å². The Bertz CT molecular complexity index is 1160. The highest BCUT2D eigenvalue weighted by Gasteiger charge is 2.15. The minimum atomic E-state index is -0.472. The Hall–Kier alpha value is -3.84. The zero-order valence-corrected chi connectivity index (χ0v) is 18.2. The number of nitrogens with one attached hydrogen (secondary N) is 2. The summed E-state index contributed by atoms with van der Waals surface area (Å²) in [5, 5.41) is 6.06. The van der Waals surface area contributed by atoms with Crippen LogP contribution in [0.15, 0.2) is 66.7 Å². The van der Waals surface area contributed by atoms with Crippen molar-refractivity contribution >= 4 is 35.1 Å². The molecule has 0 fully saturated rings. The topological polar surface area (TPSA) is 93.7 Å². The average Bonchev–Trinajstić information content (AvgIpc) is 2.78. The fraction of sp³-hybridized carbons (Fsp3) is 0.125. The number of rotatable bonds is 7. The number of hydrogen-bond donors (Lipinski definition) is 2. The van der Waals surface area contributed by atoms with Crippen molar-refractivity contribution in [2.75, 3.05) is 12.4 Å². The minimum absolute atomic E-state index is 0.165. The molecular weight excluding hydrogens is 432 g/mol. The molecule has 2 amide bonds. The van der Waals surface area contributed by atoms with Gasteiger partial charge in [0.1, 0.15) is 11.5 Å². The molecule has 0 aromatic heterocycles. The number of benzene rings is 3. The Labute approximate surface area is 190 Å². The lowest BCUT2D eigenvalue weighted by atomic mass is 10.1. The number of halogens is 1. The molecule has 0 aliphatic carbocycles. The van der Waals surface area contributed by atoms with E-state index in [1.165, 1.54) is 26.2 Å². The van der Waals surface area contributed by atoms with Gasteiger partial charge in [0.05, 0.1) is 12.7 Å². The fourth-order valence-electron chi connectivity index (χ4n) is 2.99. The van der Waals surface area contributed by atoms with E-state index in [0.717, 1.165) is 0 Å². The number of hydrogen-bond acceptors (Lipinski definition) is 5. The maximum Gasteiger partial charge on any atom is 0.308 e. The van der Waals surface area contributed by atoms with Crippen LogP contribution in [0.25, 0.3) is 0 Å². The average molecular weight is 453 g/mol. The molecule has 0 unspecified atom stereocenters. The first-order valence-corrected chi connectivity index (χ1v) is 10.0. The number of ether oxygens (including phenoxy) is 2. The van der Waals surface area contributed by atoms with Gasteiger partial charge in [-0.05, 0) is 48.0 Å². The summed E-state index contributed by atoms with van der Waals surface area (Å²) in [7, 11) is 1.47. The number of carbonyl (C=O) groups is 3. The largest absolute Gasteiger partial charge is 0.496 e. The summed E-state index contributed by atoms with van der Waals surface area (Å²) < 4.78 is 10.3. The molecular formula is C24H21ClN2O5. The summed E-state index contributed by atoms with van der Waals surface area (Å²) in [6, 6.07) is 18.2. The van der Waals surface area contributed by atoms with Crippen LogP contribution in [0.3, 0.4) is 0 Å². The molecule has 3 aromatic rings. The summed E-state index contributed by atoms with van der Waals surface area (Å²) in [6.07, 6.45) is 0. The maximum atomic E-state index is 12.7. The normalized spacial score (nSPS) is 10.2. The molecule has 2 N–H and O–H groups in total. The Morgan fingerprint density at radius 2 is 1.72 bits per heavy atom. The molecule has 0 bridgehead atoms. The highest BCUT2D eigenvalue weighted by atomic mass is 35.5. The molecule has 0 saturated carbocycles. The maximum absolute atomic E-state index is 12.7. The van der Waals surface area contributed by atoms with Crippen LogP contribution in [-0.4, -0.2) is 24.9 Å². The third kappa shape index (κ3) is 5.86. The Balaban J connectivity index is 1.73. The summed E-state index contributed by atoms with van der Waals surface area (Å²) in [4.78, 5) is 36.5. The van der Waals surface area contributed by atoms with Crippen molar-refractivity contribution < 1.29 is 23.9 Å². The van der Waals surface area contributed by atoms with Gasteiger partial charge in [0.2, 0.25) is 0 Å². The number of anilines is 1. The number of esters is 1. The van der Waals surface area contributed by atoms with Gasteiger partial charge in [-0.2, -0.15) is 0 Å². The lowest BCUT2D eigenvalue weighted by Gasteiger charge is -2.13.